The highest BCUT2D eigenvalue weighted by Crippen LogP contribution is 2.13. The Morgan fingerprint density at radius 1 is 1.50 bits per heavy atom. The van der Waals surface area contributed by atoms with Crippen molar-refractivity contribution in [2.75, 3.05) is 13.2 Å². The summed E-state index contributed by atoms with van der Waals surface area (Å²) in [7, 11) is 0. The second-order valence-electron chi connectivity index (χ2n) is 2.91. The number of carbonyl (C=O) groups is 2. The fourth-order valence-corrected chi connectivity index (χ4v) is 1.34. The highest BCUT2D eigenvalue weighted by atomic mass is 79.9. The summed E-state index contributed by atoms with van der Waals surface area (Å²) >= 11 is 3.09. The zero-order valence-electron chi connectivity index (χ0n) is 8.79. The summed E-state index contributed by atoms with van der Waals surface area (Å²) in [5.41, 5.74) is 0. The third-order valence-electron chi connectivity index (χ3n) is 1.72. The molecule has 88 valence electrons. The molecule has 0 aliphatic heterocycles. The van der Waals surface area contributed by atoms with Gasteiger partial charge in [-0.05, 0) is 35.0 Å². The van der Waals surface area contributed by atoms with Crippen molar-refractivity contribution in [1.29, 1.82) is 0 Å². The molecule has 5 nitrogen and oxygen atoms in total. The summed E-state index contributed by atoms with van der Waals surface area (Å²) in [4.78, 5) is 22.4. The lowest BCUT2D eigenvalue weighted by molar-refractivity contribution is -0.142. The third-order valence-corrected chi connectivity index (χ3v) is 2.14. The lowest BCUT2D eigenvalue weighted by atomic mass is 10.4. The topological polar surface area (TPSA) is 68.5 Å². The predicted octanol–water partition coefficient (Wildman–Crippen LogP) is 1.73. The minimum absolute atomic E-state index is 0.154. The molecule has 16 heavy (non-hydrogen) atoms. The molecule has 1 aromatic heterocycles. The van der Waals surface area contributed by atoms with Gasteiger partial charge in [-0.25, -0.2) is 0 Å². The number of hydrogen-bond acceptors (Lipinski definition) is 4. The average Bonchev–Trinajstić information content (AvgIpc) is 2.65. The van der Waals surface area contributed by atoms with E-state index < -0.39 is 0 Å². The van der Waals surface area contributed by atoms with Gasteiger partial charge in [-0.15, -0.1) is 0 Å². The minimum atomic E-state index is -0.352. The lowest BCUT2D eigenvalue weighted by Gasteiger charge is -2.02. The summed E-state index contributed by atoms with van der Waals surface area (Å²) in [5.74, 6) is -0.478. The van der Waals surface area contributed by atoms with E-state index in [-0.39, 0.29) is 30.6 Å². The van der Waals surface area contributed by atoms with Crippen molar-refractivity contribution < 1.29 is 18.7 Å². The highest BCUT2D eigenvalue weighted by molar-refractivity contribution is 9.10. The Morgan fingerprint density at radius 3 is 2.81 bits per heavy atom. The van der Waals surface area contributed by atoms with Gasteiger partial charge in [-0.3, -0.25) is 9.59 Å². The first-order chi connectivity index (χ1) is 7.63. The zero-order valence-corrected chi connectivity index (χ0v) is 10.4. The van der Waals surface area contributed by atoms with Gasteiger partial charge >= 0.3 is 5.97 Å². The molecule has 0 spiro atoms. The van der Waals surface area contributed by atoms with E-state index in [4.69, 9.17) is 9.15 Å². The Balaban J connectivity index is 2.28. The van der Waals surface area contributed by atoms with Crippen LogP contribution in [0.3, 0.4) is 0 Å². The second kappa shape index (κ2) is 6.32. The minimum Gasteiger partial charge on any atom is -0.466 e. The molecule has 0 bridgehead atoms. The summed E-state index contributed by atoms with van der Waals surface area (Å²) in [6.45, 7) is 2.31. The highest BCUT2D eigenvalue weighted by Gasteiger charge is 2.10. The molecule has 0 aliphatic rings. The third kappa shape index (κ3) is 4.06. The van der Waals surface area contributed by atoms with Gasteiger partial charge in [0.2, 0.25) is 0 Å². The maximum atomic E-state index is 11.4. The number of amides is 1. The zero-order chi connectivity index (χ0) is 12.0. The fourth-order valence-electron chi connectivity index (χ4n) is 1.03. The van der Waals surface area contributed by atoms with Crippen LogP contribution in [-0.4, -0.2) is 25.0 Å². The number of carbonyl (C=O) groups excluding carboxylic acids is 2. The number of ether oxygens (including phenoxy) is 1. The van der Waals surface area contributed by atoms with Crippen LogP contribution in [0.25, 0.3) is 0 Å². The van der Waals surface area contributed by atoms with Crippen LogP contribution in [0.2, 0.25) is 0 Å². The first-order valence-electron chi connectivity index (χ1n) is 4.82. The summed E-state index contributed by atoms with van der Waals surface area (Å²) < 4.78 is 10.2. The first-order valence-corrected chi connectivity index (χ1v) is 5.62. The summed E-state index contributed by atoms with van der Waals surface area (Å²) in [6, 6.07) is 3.17. The lowest BCUT2D eigenvalue weighted by Crippen LogP contribution is -2.26. The van der Waals surface area contributed by atoms with E-state index in [1.165, 1.54) is 0 Å². The van der Waals surface area contributed by atoms with Crippen molar-refractivity contribution in [3.05, 3.63) is 22.6 Å². The molecule has 0 radical (unpaired) electrons. The second-order valence-corrected chi connectivity index (χ2v) is 3.70. The van der Waals surface area contributed by atoms with Crippen molar-refractivity contribution in [3.63, 3.8) is 0 Å². The molecule has 1 rings (SSSR count). The molecule has 0 aliphatic carbocycles. The summed E-state index contributed by atoms with van der Waals surface area (Å²) in [5, 5.41) is 2.55. The van der Waals surface area contributed by atoms with Crippen LogP contribution < -0.4 is 5.32 Å². The van der Waals surface area contributed by atoms with E-state index in [0.29, 0.717) is 11.3 Å². The van der Waals surface area contributed by atoms with E-state index in [1.54, 1.807) is 19.1 Å². The van der Waals surface area contributed by atoms with Crippen LogP contribution in [0.1, 0.15) is 23.9 Å². The first kappa shape index (κ1) is 12.8. The largest absolute Gasteiger partial charge is 0.466 e. The van der Waals surface area contributed by atoms with Gasteiger partial charge < -0.3 is 14.5 Å². The Labute approximate surface area is 101 Å². The number of rotatable bonds is 5. The van der Waals surface area contributed by atoms with E-state index in [1.807, 2.05) is 0 Å². The molecule has 0 aromatic carbocycles. The van der Waals surface area contributed by atoms with Crippen molar-refractivity contribution in [2.24, 2.45) is 0 Å². The standard InChI is InChI=1S/C10H12BrNO4/c1-2-15-9(13)5-6-12-10(14)7-3-4-8(11)16-7/h3-4H,2,5-6H2,1H3,(H,12,14). The molecule has 0 atom stereocenters. The van der Waals surface area contributed by atoms with Crippen LogP contribution in [0.15, 0.2) is 21.2 Å². The van der Waals surface area contributed by atoms with Gasteiger partial charge in [0.1, 0.15) is 0 Å². The normalized spacial score (nSPS) is 9.88. The Hall–Kier alpha value is -1.30. The average molecular weight is 290 g/mol. The van der Waals surface area contributed by atoms with Crippen molar-refractivity contribution in [1.82, 2.24) is 5.32 Å². The maximum Gasteiger partial charge on any atom is 0.307 e. The molecule has 1 amide bonds. The van der Waals surface area contributed by atoms with E-state index in [2.05, 4.69) is 21.2 Å². The van der Waals surface area contributed by atoms with Crippen molar-refractivity contribution in [3.8, 4) is 0 Å². The Morgan fingerprint density at radius 2 is 2.25 bits per heavy atom. The number of hydrogen-bond donors (Lipinski definition) is 1. The molecule has 1 N–H and O–H groups in total. The summed E-state index contributed by atoms with van der Waals surface area (Å²) in [6.07, 6.45) is 0.154. The molecule has 6 heteroatoms. The van der Waals surface area contributed by atoms with E-state index >= 15 is 0 Å². The fraction of sp³-hybridized carbons (Fsp3) is 0.400. The van der Waals surface area contributed by atoms with Crippen LogP contribution in [0.4, 0.5) is 0 Å². The molecule has 0 unspecified atom stereocenters. The molecule has 1 heterocycles. The van der Waals surface area contributed by atoms with Crippen LogP contribution in [0, 0.1) is 0 Å². The van der Waals surface area contributed by atoms with Gasteiger partial charge in [0.25, 0.3) is 5.91 Å². The van der Waals surface area contributed by atoms with Crippen molar-refractivity contribution in [2.45, 2.75) is 13.3 Å². The molecular weight excluding hydrogens is 278 g/mol. The quantitative estimate of drug-likeness (QED) is 0.838. The smallest absolute Gasteiger partial charge is 0.307 e. The van der Waals surface area contributed by atoms with Gasteiger partial charge in [0.05, 0.1) is 13.0 Å². The van der Waals surface area contributed by atoms with Crippen molar-refractivity contribution >= 4 is 27.8 Å². The molecular formula is C10H12BrNO4. The van der Waals surface area contributed by atoms with Gasteiger partial charge in [0, 0.05) is 6.54 Å². The molecule has 0 saturated carbocycles. The Bertz CT molecular complexity index is 375. The number of nitrogens with one attached hydrogen (secondary N) is 1. The van der Waals surface area contributed by atoms with Crippen LogP contribution in [0.5, 0.6) is 0 Å². The van der Waals surface area contributed by atoms with Crippen LogP contribution in [-0.2, 0) is 9.53 Å². The monoisotopic (exact) mass is 289 g/mol. The molecule has 0 saturated heterocycles. The maximum absolute atomic E-state index is 11.4. The predicted molar refractivity (Wildman–Crippen MR) is 60.0 cm³/mol. The number of halogens is 1. The van der Waals surface area contributed by atoms with Gasteiger partial charge in [-0.1, -0.05) is 0 Å². The molecule has 0 fully saturated rings. The Kier molecular flexibility index (Phi) is 5.04. The van der Waals surface area contributed by atoms with Gasteiger partial charge in [-0.2, -0.15) is 0 Å². The molecule has 1 aromatic rings. The SMILES string of the molecule is CCOC(=O)CCNC(=O)c1ccc(Br)o1. The van der Waals surface area contributed by atoms with Crippen LogP contribution >= 0.6 is 15.9 Å². The van der Waals surface area contributed by atoms with Gasteiger partial charge in [0.15, 0.2) is 10.4 Å². The number of esters is 1. The van der Waals surface area contributed by atoms with E-state index in [0.717, 1.165) is 0 Å². The van der Waals surface area contributed by atoms with E-state index in [9.17, 15) is 9.59 Å². The number of furan rings is 1.